The minimum Gasteiger partial charge on any atom is -0.474 e. The van der Waals surface area contributed by atoms with E-state index < -0.39 is 41.4 Å². The Labute approximate surface area is 218 Å². The topological polar surface area (TPSA) is 121 Å². The molecule has 2 fully saturated rings. The van der Waals surface area contributed by atoms with E-state index in [0.717, 1.165) is 36.5 Å². The fourth-order valence-corrected chi connectivity index (χ4v) is 5.59. The molecule has 37 heavy (non-hydrogen) atoms. The van der Waals surface area contributed by atoms with Crippen LogP contribution in [-0.2, 0) is 14.3 Å². The predicted octanol–water partition coefficient (Wildman–Crippen LogP) is 4.93. The molecule has 2 aliphatic carbocycles. The zero-order valence-electron chi connectivity index (χ0n) is 22.1. The van der Waals surface area contributed by atoms with Gasteiger partial charge in [0.1, 0.15) is 12.2 Å². The van der Waals surface area contributed by atoms with E-state index in [1.807, 2.05) is 51.1 Å². The first-order chi connectivity index (χ1) is 17.6. The summed E-state index contributed by atoms with van der Waals surface area (Å²) in [5.74, 6) is -0.782. The second-order valence-electron chi connectivity index (χ2n) is 11.6. The fraction of sp³-hybridized carbons (Fsp3) is 0.586. The number of Topliss-reactive ketones (excluding diaryl/α,β-unsaturated/α-hetero) is 1. The number of nitrogens with one attached hydrogen (secondary N) is 1. The molecule has 200 valence electrons. The van der Waals surface area contributed by atoms with Crippen LogP contribution in [-0.4, -0.2) is 41.0 Å². The van der Waals surface area contributed by atoms with E-state index in [2.05, 4.69) is 10.3 Å². The number of aromatic nitrogens is 1. The molecule has 0 aliphatic heterocycles. The van der Waals surface area contributed by atoms with Gasteiger partial charge in [0.2, 0.25) is 11.8 Å². The van der Waals surface area contributed by atoms with Gasteiger partial charge in [-0.15, -0.1) is 0 Å². The van der Waals surface area contributed by atoms with Crippen LogP contribution in [0, 0.1) is 17.3 Å². The lowest BCUT2D eigenvalue weighted by Crippen LogP contribution is -2.52. The molecule has 8 nitrogen and oxygen atoms in total. The normalized spacial score (nSPS) is 23.7. The molecular weight excluding hydrogens is 470 g/mol. The number of carbonyl (C=O) groups is 3. The minimum absolute atomic E-state index is 0.0690. The molecule has 0 spiro atoms. The van der Waals surface area contributed by atoms with E-state index >= 15 is 0 Å². The summed E-state index contributed by atoms with van der Waals surface area (Å²) < 4.78 is 12.0. The Kier molecular flexibility index (Phi) is 8.35. The summed E-state index contributed by atoms with van der Waals surface area (Å²) in [6.07, 6.45) is 6.30. The van der Waals surface area contributed by atoms with Crippen LogP contribution in [0.4, 0.5) is 4.79 Å². The number of amides is 2. The predicted molar refractivity (Wildman–Crippen MR) is 141 cm³/mol. The molecule has 8 heteroatoms. The van der Waals surface area contributed by atoms with Crippen molar-refractivity contribution in [2.24, 2.45) is 23.0 Å². The van der Waals surface area contributed by atoms with Crippen molar-refractivity contribution in [3.63, 3.8) is 0 Å². The van der Waals surface area contributed by atoms with Crippen molar-refractivity contribution in [2.45, 2.75) is 90.4 Å². The number of ether oxygens (including phenoxy) is 2. The first-order valence-corrected chi connectivity index (χ1v) is 13.4. The van der Waals surface area contributed by atoms with Gasteiger partial charge >= 0.3 is 6.09 Å². The Bertz CT molecular complexity index is 1120. The zero-order valence-corrected chi connectivity index (χ0v) is 22.1. The quantitative estimate of drug-likeness (QED) is 0.511. The molecule has 4 atom stereocenters. The van der Waals surface area contributed by atoms with E-state index in [-0.39, 0.29) is 11.9 Å². The van der Waals surface area contributed by atoms with Crippen LogP contribution in [0.2, 0.25) is 0 Å². The van der Waals surface area contributed by atoms with Crippen LogP contribution in [0.3, 0.4) is 0 Å². The van der Waals surface area contributed by atoms with Gasteiger partial charge in [-0.1, -0.05) is 39.0 Å². The van der Waals surface area contributed by atoms with Gasteiger partial charge in [-0.3, -0.25) is 9.59 Å². The highest BCUT2D eigenvalue weighted by Gasteiger charge is 2.41. The van der Waals surface area contributed by atoms with Gasteiger partial charge in [-0.25, -0.2) is 9.78 Å². The second-order valence-corrected chi connectivity index (χ2v) is 11.6. The highest BCUT2D eigenvalue weighted by molar-refractivity contribution is 5.90. The van der Waals surface area contributed by atoms with Crippen LogP contribution in [0.25, 0.3) is 10.8 Å². The molecule has 1 aromatic carbocycles. The lowest BCUT2D eigenvalue weighted by molar-refractivity contribution is -0.128. The number of carbonyl (C=O) groups excluding carboxylic acids is 3. The Hall–Kier alpha value is -3.16. The summed E-state index contributed by atoms with van der Waals surface area (Å²) in [6, 6.07) is 8.99. The SMILES string of the molecule is CC(C)(C)[C@H](NC(=O)OC1CCCC1)C(=O)C1CC[C@H](C(N)=O)C[C@@H](Oc2nccc3ccccc23)C1. The molecule has 1 unspecified atom stereocenters. The number of nitrogens with zero attached hydrogens (tertiary/aromatic N) is 1. The van der Waals surface area contributed by atoms with Gasteiger partial charge < -0.3 is 20.5 Å². The molecule has 4 rings (SSSR count). The maximum atomic E-state index is 13.9. The number of fused-ring (bicyclic) bond motifs is 1. The molecule has 2 aliphatic rings. The van der Waals surface area contributed by atoms with Crippen molar-refractivity contribution in [3.05, 3.63) is 36.5 Å². The van der Waals surface area contributed by atoms with Gasteiger partial charge in [0, 0.05) is 23.4 Å². The molecule has 2 saturated carbocycles. The third-order valence-electron chi connectivity index (χ3n) is 7.67. The number of ketones is 1. The molecule has 2 aromatic rings. The zero-order chi connectivity index (χ0) is 26.6. The first kappa shape index (κ1) is 26.9. The number of benzene rings is 1. The summed E-state index contributed by atoms with van der Waals surface area (Å²) in [4.78, 5) is 43.2. The second kappa shape index (κ2) is 11.5. The third-order valence-corrected chi connectivity index (χ3v) is 7.67. The fourth-order valence-electron chi connectivity index (χ4n) is 5.59. The Morgan fingerprint density at radius 2 is 1.65 bits per heavy atom. The number of hydrogen-bond acceptors (Lipinski definition) is 6. The van der Waals surface area contributed by atoms with Crippen LogP contribution in [0.1, 0.15) is 72.1 Å². The monoisotopic (exact) mass is 509 g/mol. The van der Waals surface area contributed by atoms with Crippen LogP contribution in [0.15, 0.2) is 36.5 Å². The number of pyridine rings is 1. The van der Waals surface area contributed by atoms with E-state index in [0.29, 0.717) is 31.6 Å². The molecule has 1 heterocycles. The van der Waals surface area contributed by atoms with E-state index in [9.17, 15) is 14.4 Å². The van der Waals surface area contributed by atoms with Crippen LogP contribution in [0.5, 0.6) is 5.88 Å². The number of alkyl carbamates (subject to hydrolysis) is 1. The van der Waals surface area contributed by atoms with Crippen molar-refractivity contribution in [3.8, 4) is 5.88 Å². The van der Waals surface area contributed by atoms with Crippen LogP contribution >= 0.6 is 0 Å². The number of primary amides is 1. The third kappa shape index (κ3) is 6.79. The van der Waals surface area contributed by atoms with Gasteiger partial charge in [-0.05, 0) is 74.3 Å². The van der Waals surface area contributed by atoms with Crippen LogP contribution < -0.4 is 15.8 Å². The van der Waals surface area contributed by atoms with E-state index in [1.54, 1.807) is 6.20 Å². The van der Waals surface area contributed by atoms with Gasteiger partial charge in [-0.2, -0.15) is 0 Å². The molecule has 0 radical (unpaired) electrons. The average Bonchev–Trinajstić information content (AvgIpc) is 3.26. The molecular formula is C29H39N3O5. The van der Waals surface area contributed by atoms with Crippen molar-refractivity contribution in [1.29, 1.82) is 0 Å². The summed E-state index contributed by atoms with van der Waals surface area (Å²) in [6.45, 7) is 5.80. The molecule has 0 saturated heterocycles. The molecule has 3 N–H and O–H groups in total. The van der Waals surface area contributed by atoms with Crippen molar-refractivity contribution in [2.75, 3.05) is 0 Å². The Morgan fingerprint density at radius 3 is 2.35 bits per heavy atom. The summed E-state index contributed by atoms with van der Waals surface area (Å²) >= 11 is 0. The first-order valence-electron chi connectivity index (χ1n) is 13.4. The smallest absolute Gasteiger partial charge is 0.408 e. The Balaban J connectivity index is 1.53. The standard InChI is InChI=1S/C29H39N3O5/c1-29(2,3)25(32-28(35)37-21-9-5-6-10-21)24(33)19-12-13-20(26(30)34)17-22(16-19)36-27-23-11-7-4-8-18(23)14-15-31-27/h4,7-8,11,14-15,19-22,25H,5-6,9-10,12-13,16-17H2,1-3H3,(H2,30,34)(H,32,35)/t19?,20-,22-,25+/m0/s1. The maximum Gasteiger partial charge on any atom is 0.408 e. The van der Waals surface area contributed by atoms with Crippen molar-refractivity contribution in [1.82, 2.24) is 10.3 Å². The summed E-state index contributed by atoms with van der Waals surface area (Å²) in [7, 11) is 0. The maximum absolute atomic E-state index is 13.9. The van der Waals surface area contributed by atoms with Crippen molar-refractivity contribution >= 4 is 28.6 Å². The average molecular weight is 510 g/mol. The minimum atomic E-state index is -0.729. The van der Waals surface area contributed by atoms with Crippen molar-refractivity contribution < 1.29 is 23.9 Å². The Morgan fingerprint density at radius 1 is 0.973 bits per heavy atom. The highest BCUT2D eigenvalue weighted by Crippen LogP contribution is 2.35. The van der Waals surface area contributed by atoms with Gasteiger partial charge in [0.25, 0.3) is 0 Å². The number of nitrogens with two attached hydrogens (primary N) is 1. The molecule has 1 aromatic heterocycles. The number of hydrogen-bond donors (Lipinski definition) is 2. The number of rotatable bonds is 7. The van der Waals surface area contributed by atoms with Gasteiger partial charge in [0.15, 0.2) is 5.78 Å². The van der Waals surface area contributed by atoms with E-state index in [4.69, 9.17) is 15.2 Å². The summed E-state index contributed by atoms with van der Waals surface area (Å²) in [5, 5.41) is 4.74. The van der Waals surface area contributed by atoms with E-state index in [1.165, 1.54) is 0 Å². The molecule has 2 amide bonds. The lowest BCUT2D eigenvalue weighted by Gasteiger charge is -2.33. The van der Waals surface area contributed by atoms with Gasteiger partial charge in [0.05, 0.1) is 6.04 Å². The summed E-state index contributed by atoms with van der Waals surface area (Å²) in [5.41, 5.74) is 5.19. The molecule has 0 bridgehead atoms. The highest BCUT2D eigenvalue weighted by atomic mass is 16.6. The lowest BCUT2D eigenvalue weighted by atomic mass is 9.78. The largest absolute Gasteiger partial charge is 0.474 e.